The molecule has 1 heterocycles. The van der Waals surface area contributed by atoms with Crippen molar-refractivity contribution in [3.8, 4) is 0 Å². The quantitative estimate of drug-likeness (QED) is 0.710. The maximum atomic E-state index is 12.3. The van der Waals surface area contributed by atoms with Crippen LogP contribution in [0.1, 0.15) is 44.1 Å². The smallest absolute Gasteiger partial charge is 0.242 e. The third kappa shape index (κ3) is 5.28. The van der Waals surface area contributed by atoms with Crippen LogP contribution < -0.4 is 5.32 Å². The summed E-state index contributed by atoms with van der Waals surface area (Å²) >= 11 is 7.75. The molecule has 1 aromatic carbocycles. The number of aromatic nitrogens is 2. The highest BCUT2D eigenvalue weighted by molar-refractivity contribution is 7.98. The van der Waals surface area contributed by atoms with Crippen molar-refractivity contribution in [1.82, 2.24) is 14.9 Å². The van der Waals surface area contributed by atoms with Gasteiger partial charge in [-0.05, 0) is 24.6 Å². The minimum absolute atomic E-state index is 0.0262. The molecule has 0 spiro atoms. The van der Waals surface area contributed by atoms with Crippen molar-refractivity contribution >= 4 is 29.3 Å². The standard InChI is InChI=1S/C18H24ClN3OS/c1-13(2)17-20-7-9-22(17)14(3)18(23)21-8-10-24-12-15-5-4-6-16(19)11-15/h4-7,9,11,13-14H,8,10,12H2,1-3H3,(H,21,23)/t14-/m1/s1. The van der Waals surface area contributed by atoms with Crippen LogP contribution in [0.3, 0.4) is 0 Å². The monoisotopic (exact) mass is 365 g/mol. The number of hydrogen-bond donors (Lipinski definition) is 1. The molecule has 0 aliphatic rings. The lowest BCUT2D eigenvalue weighted by atomic mass is 10.2. The minimum Gasteiger partial charge on any atom is -0.353 e. The van der Waals surface area contributed by atoms with Gasteiger partial charge in [-0.25, -0.2) is 4.98 Å². The van der Waals surface area contributed by atoms with E-state index < -0.39 is 0 Å². The van der Waals surface area contributed by atoms with Crippen LogP contribution in [0.2, 0.25) is 5.02 Å². The molecular formula is C18H24ClN3OS. The summed E-state index contributed by atoms with van der Waals surface area (Å²) in [7, 11) is 0. The molecule has 6 heteroatoms. The lowest BCUT2D eigenvalue weighted by Gasteiger charge is -2.17. The normalized spacial score (nSPS) is 12.4. The zero-order valence-corrected chi connectivity index (χ0v) is 15.9. The first-order chi connectivity index (χ1) is 11.5. The van der Waals surface area contributed by atoms with E-state index in [-0.39, 0.29) is 11.9 Å². The highest BCUT2D eigenvalue weighted by Gasteiger charge is 2.18. The van der Waals surface area contributed by atoms with Gasteiger partial charge >= 0.3 is 0 Å². The average Bonchev–Trinajstić information content (AvgIpc) is 3.03. The fourth-order valence-corrected chi connectivity index (χ4v) is 3.46. The Morgan fingerprint density at radius 1 is 1.38 bits per heavy atom. The van der Waals surface area contributed by atoms with Crippen LogP contribution in [0, 0.1) is 0 Å². The van der Waals surface area contributed by atoms with Gasteiger partial charge in [-0.15, -0.1) is 0 Å². The van der Waals surface area contributed by atoms with Crippen LogP contribution in [0.15, 0.2) is 36.7 Å². The Hall–Kier alpha value is -1.46. The van der Waals surface area contributed by atoms with Crippen LogP contribution in [-0.2, 0) is 10.5 Å². The molecule has 0 unspecified atom stereocenters. The van der Waals surface area contributed by atoms with Crippen molar-refractivity contribution in [2.24, 2.45) is 0 Å². The number of thioether (sulfide) groups is 1. The molecule has 0 aliphatic heterocycles. The number of nitrogens with one attached hydrogen (secondary N) is 1. The van der Waals surface area contributed by atoms with E-state index >= 15 is 0 Å². The van der Waals surface area contributed by atoms with E-state index in [1.165, 1.54) is 5.56 Å². The van der Waals surface area contributed by atoms with E-state index in [2.05, 4.69) is 30.2 Å². The summed E-state index contributed by atoms with van der Waals surface area (Å²) in [4.78, 5) is 16.6. The molecule has 4 nitrogen and oxygen atoms in total. The molecule has 1 atom stereocenters. The molecular weight excluding hydrogens is 342 g/mol. The van der Waals surface area contributed by atoms with Crippen molar-refractivity contribution in [1.29, 1.82) is 0 Å². The molecule has 2 rings (SSSR count). The van der Waals surface area contributed by atoms with Gasteiger partial charge in [-0.2, -0.15) is 11.8 Å². The molecule has 0 aliphatic carbocycles. The summed E-state index contributed by atoms with van der Waals surface area (Å²) in [6.45, 7) is 6.72. The highest BCUT2D eigenvalue weighted by Crippen LogP contribution is 2.18. The van der Waals surface area contributed by atoms with Gasteiger partial charge < -0.3 is 9.88 Å². The first kappa shape index (κ1) is 18.9. The van der Waals surface area contributed by atoms with E-state index in [1.54, 1.807) is 18.0 Å². The number of nitrogens with zero attached hydrogens (tertiary/aromatic N) is 2. The second-order valence-electron chi connectivity index (χ2n) is 6.00. The van der Waals surface area contributed by atoms with E-state index in [1.807, 2.05) is 35.9 Å². The molecule has 0 fully saturated rings. The maximum absolute atomic E-state index is 12.3. The fraction of sp³-hybridized carbons (Fsp3) is 0.444. The Bertz CT molecular complexity index is 672. The Labute approximate surface area is 153 Å². The predicted molar refractivity (Wildman–Crippen MR) is 102 cm³/mol. The Kier molecular flexibility index (Phi) is 7.18. The Balaban J connectivity index is 1.74. The zero-order valence-electron chi connectivity index (χ0n) is 14.3. The van der Waals surface area contributed by atoms with Crippen molar-refractivity contribution in [3.05, 3.63) is 53.1 Å². The molecule has 130 valence electrons. The molecule has 0 saturated carbocycles. The van der Waals surface area contributed by atoms with E-state index in [9.17, 15) is 4.79 Å². The van der Waals surface area contributed by atoms with E-state index in [4.69, 9.17) is 11.6 Å². The lowest BCUT2D eigenvalue weighted by Crippen LogP contribution is -2.33. The number of carbonyl (C=O) groups is 1. The largest absolute Gasteiger partial charge is 0.353 e. The topological polar surface area (TPSA) is 46.9 Å². The Morgan fingerprint density at radius 2 is 2.17 bits per heavy atom. The first-order valence-corrected chi connectivity index (χ1v) is 9.65. The second-order valence-corrected chi connectivity index (χ2v) is 7.54. The van der Waals surface area contributed by atoms with Crippen molar-refractivity contribution < 1.29 is 4.79 Å². The summed E-state index contributed by atoms with van der Waals surface area (Å²) in [6.07, 6.45) is 3.62. The van der Waals surface area contributed by atoms with Gasteiger partial charge in [0.05, 0.1) is 0 Å². The van der Waals surface area contributed by atoms with Gasteiger partial charge in [0.25, 0.3) is 0 Å². The molecule has 1 aromatic heterocycles. The van der Waals surface area contributed by atoms with Gasteiger partial charge in [0, 0.05) is 41.4 Å². The van der Waals surface area contributed by atoms with Crippen LogP contribution >= 0.6 is 23.4 Å². The van der Waals surface area contributed by atoms with Crippen LogP contribution in [0.5, 0.6) is 0 Å². The number of rotatable bonds is 8. The number of carbonyl (C=O) groups excluding carboxylic acids is 1. The van der Waals surface area contributed by atoms with Gasteiger partial charge in [0.2, 0.25) is 5.91 Å². The number of hydrogen-bond acceptors (Lipinski definition) is 3. The molecule has 24 heavy (non-hydrogen) atoms. The van der Waals surface area contributed by atoms with Crippen molar-refractivity contribution in [3.63, 3.8) is 0 Å². The molecule has 0 radical (unpaired) electrons. The number of amides is 1. The third-order valence-electron chi connectivity index (χ3n) is 3.72. The van der Waals surface area contributed by atoms with Crippen LogP contribution in [-0.4, -0.2) is 27.8 Å². The molecule has 2 aromatic rings. The second kappa shape index (κ2) is 9.14. The van der Waals surface area contributed by atoms with Gasteiger partial charge in [-0.3, -0.25) is 4.79 Å². The summed E-state index contributed by atoms with van der Waals surface area (Å²) < 4.78 is 1.94. The maximum Gasteiger partial charge on any atom is 0.242 e. The highest BCUT2D eigenvalue weighted by atomic mass is 35.5. The molecule has 0 saturated heterocycles. The molecule has 1 N–H and O–H groups in total. The number of imidazole rings is 1. The SMILES string of the molecule is CC(C)c1nccn1[C@H](C)C(=O)NCCSCc1cccc(Cl)c1. The molecule has 0 bridgehead atoms. The van der Waals surface area contributed by atoms with E-state index in [0.29, 0.717) is 12.5 Å². The van der Waals surface area contributed by atoms with Crippen molar-refractivity contribution in [2.75, 3.05) is 12.3 Å². The molecule has 1 amide bonds. The first-order valence-electron chi connectivity index (χ1n) is 8.11. The number of halogens is 1. The summed E-state index contributed by atoms with van der Waals surface area (Å²) in [6, 6.07) is 7.62. The zero-order chi connectivity index (χ0) is 17.5. The summed E-state index contributed by atoms with van der Waals surface area (Å²) in [5.74, 6) is 3.02. The van der Waals surface area contributed by atoms with Gasteiger partial charge in [0.1, 0.15) is 11.9 Å². The van der Waals surface area contributed by atoms with Crippen LogP contribution in [0.4, 0.5) is 0 Å². The predicted octanol–water partition coefficient (Wildman–Crippen LogP) is 4.27. The average molecular weight is 366 g/mol. The fourth-order valence-electron chi connectivity index (χ4n) is 2.44. The van der Waals surface area contributed by atoms with Gasteiger partial charge in [0.15, 0.2) is 0 Å². The number of benzene rings is 1. The summed E-state index contributed by atoms with van der Waals surface area (Å²) in [5.41, 5.74) is 1.20. The third-order valence-corrected chi connectivity index (χ3v) is 4.98. The lowest BCUT2D eigenvalue weighted by molar-refractivity contribution is -0.123. The van der Waals surface area contributed by atoms with Crippen molar-refractivity contribution in [2.45, 2.75) is 38.5 Å². The van der Waals surface area contributed by atoms with Crippen LogP contribution in [0.25, 0.3) is 0 Å². The summed E-state index contributed by atoms with van der Waals surface area (Å²) in [5, 5.41) is 3.76. The van der Waals surface area contributed by atoms with Gasteiger partial charge in [-0.1, -0.05) is 37.6 Å². The Morgan fingerprint density at radius 3 is 2.88 bits per heavy atom. The van der Waals surface area contributed by atoms with E-state index in [0.717, 1.165) is 22.4 Å². The minimum atomic E-state index is -0.247.